The van der Waals surface area contributed by atoms with Gasteiger partial charge in [0.05, 0.1) is 25.7 Å². The maximum atomic E-state index is 11.5. The number of hydrogen-bond donors (Lipinski definition) is 3. The van der Waals surface area contributed by atoms with Crippen molar-refractivity contribution < 1.29 is 17.9 Å². The normalized spacial score (nSPS) is 11.4. The summed E-state index contributed by atoms with van der Waals surface area (Å²) in [4.78, 5) is 4.57. The quantitative estimate of drug-likeness (QED) is 0.272. The maximum absolute atomic E-state index is 11.5. The molecule has 0 saturated carbocycles. The van der Waals surface area contributed by atoms with E-state index in [1.807, 2.05) is 25.1 Å². The van der Waals surface area contributed by atoms with Crippen LogP contribution in [0, 0.1) is 0 Å². The van der Waals surface area contributed by atoms with E-state index in [1.54, 1.807) is 26.4 Å². The summed E-state index contributed by atoms with van der Waals surface area (Å²) >= 11 is 0. The van der Waals surface area contributed by atoms with E-state index < -0.39 is 10.0 Å². The van der Waals surface area contributed by atoms with E-state index in [0.29, 0.717) is 31.3 Å². The Labute approximate surface area is 189 Å². The molecule has 2 aromatic rings. The summed E-state index contributed by atoms with van der Waals surface area (Å²) in [5, 5.41) is 11.6. The van der Waals surface area contributed by atoms with Crippen molar-refractivity contribution in [3.63, 3.8) is 0 Å². The number of methoxy groups -OCH3 is 2. The molecule has 0 aliphatic rings. The second-order valence-electron chi connectivity index (χ2n) is 5.92. The van der Waals surface area contributed by atoms with Crippen LogP contribution >= 0.6 is 24.0 Å². The Bertz CT molecular complexity index is 936. The van der Waals surface area contributed by atoms with Crippen LogP contribution < -0.4 is 25.2 Å². The minimum absolute atomic E-state index is 0. The summed E-state index contributed by atoms with van der Waals surface area (Å²) < 4.78 is 33.6. The largest absolute Gasteiger partial charge is 0.497 e. The van der Waals surface area contributed by atoms with Crippen molar-refractivity contribution in [1.82, 2.24) is 10.6 Å². The number of guanidine groups is 1. The Hall–Kier alpha value is -2.05. The predicted octanol–water partition coefficient (Wildman–Crippen LogP) is 2.22. The number of sulfonamides is 1. The lowest BCUT2D eigenvalue weighted by molar-refractivity contribution is 0.390. The molecule has 0 heterocycles. The van der Waals surface area contributed by atoms with Crippen LogP contribution in [0.15, 0.2) is 52.4 Å². The van der Waals surface area contributed by atoms with Crippen LogP contribution in [-0.4, -0.2) is 35.1 Å². The number of nitrogens with one attached hydrogen (secondary N) is 2. The van der Waals surface area contributed by atoms with E-state index >= 15 is 0 Å². The number of aliphatic imine (C=N–C) groups is 1. The first-order chi connectivity index (χ1) is 13.4. The number of nitrogens with zero attached hydrogens (tertiary/aromatic N) is 1. The second-order valence-corrected chi connectivity index (χ2v) is 7.48. The highest BCUT2D eigenvalue weighted by atomic mass is 127. The first-order valence-electron chi connectivity index (χ1n) is 8.72. The van der Waals surface area contributed by atoms with Gasteiger partial charge in [-0.25, -0.2) is 18.5 Å². The van der Waals surface area contributed by atoms with Gasteiger partial charge in [0.15, 0.2) is 5.96 Å². The van der Waals surface area contributed by atoms with Crippen LogP contribution in [0.1, 0.15) is 18.1 Å². The molecule has 0 radical (unpaired) electrons. The summed E-state index contributed by atoms with van der Waals surface area (Å²) in [6.07, 6.45) is 0. The van der Waals surface area contributed by atoms with Gasteiger partial charge in [0.25, 0.3) is 0 Å². The highest BCUT2D eigenvalue weighted by molar-refractivity contribution is 14.0. The van der Waals surface area contributed by atoms with E-state index in [1.165, 1.54) is 12.1 Å². The minimum Gasteiger partial charge on any atom is -0.497 e. The molecule has 0 bridgehead atoms. The van der Waals surface area contributed by atoms with Gasteiger partial charge in [-0.1, -0.05) is 12.1 Å². The lowest BCUT2D eigenvalue weighted by Crippen LogP contribution is -2.36. The molecule has 160 valence electrons. The van der Waals surface area contributed by atoms with Crippen LogP contribution in [-0.2, 0) is 23.1 Å². The van der Waals surface area contributed by atoms with Gasteiger partial charge < -0.3 is 20.1 Å². The molecule has 0 amide bonds. The molecule has 0 saturated heterocycles. The SMILES string of the molecule is CCNC(=NCc1cccc(S(N)(=O)=O)c1)NCc1ccc(OC)cc1OC.I. The molecular weight excluding hydrogens is 507 g/mol. The molecule has 2 rings (SSSR count). The van der Waals surface area contributed by atoms with Gasteiger partial charge in [0.1, 0.15) is 11.5 Å². The second kappa shape index (κ2) is 11.8. The fraction of sp³-hybridized carbons (Fsp3) is 0.316. The number of nitrogens with two attached hydrogens (primary N) is 1. The van der Waals surface area contributed by atoms with Crippen LogP contribution in [0.4, 0.5) is 0 Å². The number of halogens is 1. The highest BCUT2D eigenvalue weighted by Gasteiger charge is 2.09. The Morgan fingerprint density at radius 3 is 2.48 bits per heavy atom. The first-order valence-corrected chi connectivity index (χ1v) is 10.3. The fourth-order valence-electron chi connectivity index (χ4n) is 2.51. The standard InChI is InChI=1S/C19H26N4O4S.HI/c1-4-21-19(22-12-14-6-5-7-17(10-14)28(20,24)25)23-13-15-8-9-16(26-2)11-18(15)27-3;/h5-11H,4,12-13H2,1-3H3,(H2,20,24,25)(H2,21,22,23);1H. The minimum atomic E-state index is -3.74. The topological polar surface area (TPSA) is 115 Å². The molecule has 0 atom stereocenters. The number of benzene rings is 2. The van der Waals surface area contributed by atoms with E-state index in [-0.39, 0.29) is 28.9 Å². The van der Waals surface area contributed by atoms with Crippen molar-refractivity contribution in [3.8, 4) is 11.5 Å². The summed E-state index contributed by atoms with van der Waals surface area (Å²) in [6.45, 7) is 3.45. The summed E-state index contributed by atoms with van der Waals surface area (Å²) in [6, 6.07) is 12.0. The summed E-state index contributed by atoms with van der Waals surface area (Å²) in [7, 11) is -0.526. The van der Waals surface area contributed by atoms with Crippen molar-refractivity contribution in [3.05, 3.63) is 53.6 Å². The molecule has 4 N–H and O–H groups in total. The highest BCUT2D eigenvalue weighted by Crippen LogP contribution is 2.24. The van der Waals surface area contributed by atoms with Gasteiger partial charge in [-0.15, -0.1) is 24.0 Å². The van der Waals surface area contributed by atoms with Gasteiger partial charge in [-0.05, 0) is 36.8 Å². The Balaban J connectivity index is 0.00000420. The third-order valence-electron chi connectivity index (χ3n) is 3.93. The number of hydrogen-bond acceptors (Lipinski definition) is 5. The lowest BCUT2D eigenvalue weighted by atomic mass is 10.2. The number of primary sulfonamides is 1. The average Bonchev–Trinajstić information content (AvgIpc) is 2.69. The summed E-state index contributed by atoms with van der Waals surface area (Å²) in [5.41, 5.74) is 1.69. The van der Waals surface area contributed by atoms with E-state index in [4.69, 9.17) is 14.6 Å². The molecule has 0 spiro atoms. The zero-order chi connectivity index (χ0) is 20.6. The summed E-state index contributed by atoms with van der Waals surface area (Å²) in [5.74, 6) is 2.03. The molecule has 0 fully saturated rings. The zero-order valence-corrected chi connectivity index (χ0v) is 19.8. The van der Waals surface area contributed by atoms with Crippen molar-refractivity contribution in [2.45, 2.75) is 24.9 Å². The molecule has 10 heteroatoms. The van der Waals surface area contributed by atoms with Crippen molar-refractivity contribution in [2.75, 3.05) is 20.8 Å². The molecule has 8 nitrogen and oxygen atoms in total. The molecule has 0 aromatic heterocycles. The third-order valence-corrected chi connectivity index (χ3v) is 4.84. The Morgan fingerprint density at radius 2 is 1.86 bits per heavy atom. The van der Waals surface area contributed by atoms with E-state index in [0.717, 1.165) is 16.9 Å². The molecule has 2 aromatic carbocycles. The van der Waals surface area contributed by atoms with Crippen LogP contribution in [0.2, 0.25) is 0 Å². The molecule has 0 unspecified atom stereocenters. The van der Waals surface area contributed by atoms with Gasteiger partial charge in [-0.2, -0.15) is 0 Å². The first kappa shape index (κ1) is 25.0. The van der Waals surface area contributed by atoms with Crippen LogP contribution in [0.25, 0.3) is 0 Å². The Morgan fingerprint density at radius 1 is 1.10 bits per heavy atom. The van der Waals surface area contributed by atoms with Crippen molar-refractivity contribution in [1.29, 1.82) is 0 Å². The van der Waals surface area contributed by atoms with Crippen molar-refractivity contribution in [2.24, 2.45) is 10.1 Å². The maximum Gasteiger partial charge on any atom is 0.238 e. The van der Waals surface area contributed by atoms with E-state index in [9.17, 15) is 8.42 Å². The monoisotopic (exact) mass is 534 g/mol. The smallest absolute Gasteiger partial charge is 0.238 e. The van der Waals surface area contributed by atoms with E-state index in [2.05, 4.69) is 15.6 Å². The van der Waals surface area contributed by atoms with Gasteiger partial charge in [0, 0.05) is 24.7 Å². The van der Waals surface area contributed by atoms with Crippen LogP contribution in [0.5, 0.6) is 11.5 Å². The molecular formula is C19H27IN4O4S. The molecule has 0 aliphatic carbocycles. The average molecular weight is 534 g/mol. The fourth-order valence-corrected chi connectivity index (χ4v) is 3.09. The van der Waals surface area contributed by atoms with Crippen molar-refractivity contribution >= 4 is 40.0 Å². The lowest BCUT2D eigenvalue weighted by Gasteiger charge is -2.14. The predicted molar refractivity (Wildman–Crippen MR) is 124 cm³/mol. The van der Waals surface area contributed by atoms with Crippen LogP contribution in [0.3, 0.4) is 0 Å². The number of rotatable bonds is 8. The number of ether oxygens (including phenoxy) is 2. The molecule has 0 aliphatic heterocycles. The van der Waals surface area contributed by atoms with Gasteiger partial charge in [0.2, 0.25) is 10.0 Å². The molecule has 29 heavy (non-hydrogen) atoms. The third kappa shape index (κ3) is 7.71. The zero-order valence-electron chi connectivity index (χ0n) is 16.6. The van der Waals surface area contributed by atoms with Gasteiger partial charge >= 0.3 is 0 Å². The Kier molecular flexibility index (Phi) is 10.2. The van der Waals surface area contributed by atoms with Gasteiger partial charge in [-0.3, -0.25) is 0 Å².